The third-order valence-corrected chi connectivity index (χ3v) is 6.57. The van der Waals surface area contributed by atoms with E-state index in [0.717, 1.165) is 11.3 Å². The number of hydrogen-bond acceptors (Lipinski definition) is 8. The molecule has 25 heavy (non-hydrogen) atoms. The average Bonchev–Trinajstić information content (AvgIpc) is 3.04. The molecule has 1 aromatic heterocycles. The van der Waals surface area contributed by atoms with Crippen LogP contribution in [0.1, 0.15) is 20.8 Å². The van der Waals surface area contributed by atoms with E-state index in [2.05, 4.69) is 15.5 Å². The Morgan fingerprint density at radius 2 is 1.88 bits per heavy atom. The van der Waals surface area contributed by atoms with Crippen LogP contribution in [0.25, 0.3) is 0 Å². The topological polar surface area (TPSA) is 122 Å². The summed E-state index contributed by atoms with van der Waals surface area (Å²) >= 11 is 0.805. The molecule has 2 heterocycles. The first-order valence-corrected chi connectivity index (χ1v) is 10.1. The Morgan fingerprint density at radius 1 is 1.24 bits per heavy atom. The lowest BCUT2D eigenvalue weighted by Crippen LogP contribution is -2.50. The molecule has 0 spiro atoms. The minimum Gasteiger partial charge on any atom is -0.450 e. The van der Waals surface area contributed by atoms with E-state index >= 15 is 0 Å². The lowest BCUT2D eigenvalue weighted by molar-refractivity contribution is -0.118. The van der Waals surface area contributed by atoms with Crippen molar-refractivity contribution >= 4 is 38.5 Å². The summed E-state index contributed by atoms with van der Waals surface area (Å²) in [4.78, 5) is 24.8. The molecule has 10 nitrogen and oxygen atoms in total. The standard InChI is InChI=1S/C13H21N5O5S2/c1-4-23-13(20)17-5-7-18(8-6-17)25(21,22)12-16-15-11(24-12)14-10(19)9(2)3/h9H,4-8H2,1-3H3,(H,14,15,19). The third-order valence-electron chi connectivity index (χ3n) is 3.49. The first-order valence-electron chi connectivity index (χ1n) is 7.82. The van der Waals surface area contributed by atoms with E-state index in [4.69, 9.17) is 4.74 Å². The second kappa shape index (κ2) is 8.06. The van der Waals surface area contributed by atoms with Crippen LogP contribution in [0.4, 0.5) is 9.93 Å². The number of carbonyl (C=O) groups excluding carboxylic acids is 2. The van der Waals surface area contributed by atoms with Gasteiger partial charge in [-0.2, -0.15) is 4.31 Å². The number of amides is 2. The van der Waals surface area contributed by atoms with Gasteiger partial charge in [0.15, 0.2) is 0 Å². The molecule has 12 heteroatoms. The van der Waals surface area contributed by atoms with Crippen LogP contribution in [0.3, 0.4) is 0 Å². The van der Waals surface area contributed by atoms with Gasteiger partial charge in [0.2, 0.25) is 15.4 Å². The predicted octanol–water partition coefficient (Wildman–Crippen LogP) is 0.595. The first kappa shape index (κ1) is 19.5. The minimum atomic E-state index is -3.81. The van der Waals surface area contributed by atoms with Gasteiger partial charge >= 0.3 is 6.09 Å². The molecule has 2 rings (SSSR count). The first-order chi connectivity index (χ1) is 11.8. The maximum Gasteiger partial charge on any atom is 0.409 e. The molecule has 0 atom stereocenters. The number of nitrogens with one attached hydrogen (secondary N) is 1. The molecule has 140 valence electrons. The maximum atomic E-state index is 12.6. The van der Waals surface area contributed by atoms with E-state index in [1.807, 2.05) is 0 Å². The summed E-state index contributed by atoms with van der Waals surface area (Å²) in [6, 6.07) is 0. The molecule has 1 aliphatic rings. The Kier molecular flexibility index (Phi) is 6.30. The molecule has 0 aliphatic carbocycles. The third kappa shape index (κ3) is 4.64. The monoisotopic (exact) mass is 391 g/mol. The number of sulfonamides is 1. The van der Waals surface area contributed by atoms with Crippen molar-refractivity contribution in [3.63, 3.8) is 0 Å². The van der Waals surface area contributed by atoms with E-state index in [9.17, 15) is 18.0 Å². The Balaban J connectivity index is 2.02. The van der Waals surface area contributed by atoms with Crippen molar-refractivity contribution in [1.29, 1.82) is 0 Å². The van der Waals surface area contributed by atoms with Gasteiger partial charge in [0.05, 0.1) is 6.61 Å². The van der Waals surface area contributed by atoms with Crippen LogP contribution in [0, 0.1) is 5.92 Å². The van der Waals surface area contributed by atoms with Gasteiger partial charge in [-0.3, -0.25) is 4.79 Å². The molecule has 0 aromatic carbocycles. The normalized spacial score (nSPS) is 16.1. The largest absolute Gasteiger partial charge is 0.450 e. The van der Waals surface area contributed by atoms with Crippen LogP contribution in [0.2, 0.25) is 0 Å². The van der Waals surface area contributed by atoms with Gasteiger partial charge in [-0.1, -0.05) is 25.2 Å². The highest BCUT2D eigenvalue weighted by Gasteiger charge is 2.33. The zero-order valence-corrected chi connectivity index (χ0v) is 15.9. The summed E-state index contributed by atoms with van der Waals surface area (Å²) < 4.78 is 31.2. The Morgan fingerprint density at radius 3 is 2.44 bits per heavy atom. The summed E-state index contributed by atoms with van der Waals surface area (Å²) in [6.07, 6.45) is -0.450. The molecule has 0 unspecified atom stereocenters. The van der Waals surface area contributed by atoms with Crippen LogP contribution in [-0.4, -0.2) is 72.6 Å². The average molecular weight is 391 g/mol. The summed E-state index contributed by atoms with van der Waals surface area (Å²) in [5.74, 6) is -0.511. The van der Waals surface area contributed by atoms with E-state index in [1.54, 1.807) is 20.8 Å². The Bertz CT molecular complexity index is 725. The molecule has 2 amide bonds. The van der Waals surface area contributed by atoms with Gasteiger partial charge in [0.25, 0.3) is 10.0 Å². The highest BCUT2D eigenvalue weighted by atomic mass is 32.2. The maximum absolute atomic E-state index is 12.6. The van der Waals surface area contributed by atoms with Crippen LogP contribution < -0.4 is 5.32 Å². The molecule has 1 aromatic rings. The van der Waals surface area contributed by atoms with Gasteiger partial charge in [0, 0.05) is 32.1 Å². The lowest BCUT2D eigenvalue weighted by atomic mass is 10.2. The molecular formula is C13H21N5O5S2. The summed E-state index contributed by atoms with van der Waals surface area (Å²) in [6.45, 7) is 6.20. The molecular weight excluding hydrogens is 370 g/mol. The number of nitrogens with zero attached hydrogens (tertiary/aromatic N) is 4. The SMILES string of the molecule is CCOC(=O)N1CCN(S(=O)(=O)c2nnc(NC(=O)C(C)C)s2)CC1. The van der Waals surface area contributed by atoms with Crippen molar-refractivity contribution in [2.75, 3.05) is 38.1 Å². The van der Waals surface area contributed by atoms with E-state index in [0.29, 0.717) is 0 Å². The smallest absolute Gasteiger partial charge is 0.409 e. The second-order valence-corrected chi connectivity index (χ2v) is 8.70. The molecule has 1 fully saturated rings. The highest BCUT2D eigenvalue weighted by molar-refractivity contribution is 7.91. The van der Waals surface area contributed by atoms with Crippen molar-refractivity contribution in [2.24, 2.45) is 5.92 Å². The van der Waals surface area contributed by atoms with Crippen molar-refractivity contribution in [2.45, 2.75) is 25.1 Å². The molecule has 0 radical (unpaired) electrons. The predicted molar refractivity (Wildman–Crippen MR) is 90.7 cm³/mol. The number of carbonyl (C=O) groups is 2. The Hall–Kier alpha value is -1.79. The van der Waals surface area contributed by atoms with Crippen LogP contribution in [-0.2, 0) is 19.6 Å². The molecule has 1 N–H and O–H groups in total. The number of piperazine rings is 1. The summed E-state index contributed by atoms with van der Waals surface area (Å²) in [5.41, 5.74) is 0. The quantitative estimate of drug-likeness (QED) is 0.729. The number of hydrogen-bond donors (Lipinski definition) is 1. The summed E-state index contributed by atoms with van der Waals surface area (Å²) in [7, 11) is -3.81. The Labute approximate surface area is 150 Å². The van der Waals surface area contributed by atoms with Gasteiger partial charge in [-0.05, 0) is 6.92 Å². The van der Waals surface area contributed by atoms with Gasteiger partial charge in [-0.25, -0.2) is 13.2 Å². The lowest BCUT2D eigenvalue weighted by Gasteiger charge is -2.32. The zero-order chi connectivity index (χ0) is 18.6. The number of aromatic nitrogens is 2. The number of ether oxygens (including phenoxy) is 1. The van der Waals surface area contributed by atoms with Crippen LogP contribution in [0.5, 0.6) is 0 Å². The fourth-order valence-corrected chi connectivity index (χ4v) is 4.51. The van der Waals surface area contributed by atoms with Crippen molar-refractivity contribution in [1.82, 2.24) is 19.4 Å². The number of anilines is 1. The minimum absolute atomic E-state index is 0.141. The van der Waals surface area contributed by atoms with Crippen LogP contribution >= 0.6 is 11.3 Å². The van der Waals surface area contributed by atoms with Crippen LogP contribution in [0.15, 0.2) is 4.34 Å². The molecule has 1 saturated heterocycles. The fourth-order valence-electron chi connectivity index (χ4n) is 2.05. The van der Waals surface area contributed by atoms with Crippen molar-refractivity contribution in [3.8, 4) is 0 Å². The van der Waals surface area contributed by atoms with Gasteiger partial charge < -0.3 is 15.0 Å². The zero-order valence-electron chi connectivity index (χ0n) is 14.3. The fraction of sp³-hybridized carbons (Fsp3) is 0.692. The molecule has 1 aliphatic heterocycles. The van der Waals surface area contributed by atoms with E-state index in [1.165, 1.54) is 9.21 Å². The van der Waals surface area contributed by atoms with Gasteiger partial charge in [-0.15, -0.1) is 10.2 Å². The van der Waals surface area contributed by atoms with Crippen molar-refractivity contribution < 1.29 is 22.7 Å². The molecule has 0 bridgehead atoms. The highest BCUT2D eigenvalue weighted by Crippen LogP contribution is 2.24. The van der Waals surface area contributed by atoms with Gasteiger partial charge in [0.1, 0.15) is 0 Å². The second-order valence-electron chi connectivity index (χ2n) is 5.61. The molecule has 0 saturated carbocycles. The number of rotatable bonds is 5. The van der Waals surface area contributed by atoms with Crippen molar-refractivity contribution in [3.05, 3.63) is 0 Å². The van der Waals surface area contributed by atoms with E-state index in [-0.39, 0.29) is 54.1 Å². The van der Waals surface area contributed by atoms with E-state index < -0.39 is 16.1 Å². The summed E-state index contributed by atoms with van der Waals surface area (Å²) in [5, 5.41) is 10.1.